The van der Waals surface area contributed by atoms with E-state index in [-0.39, 0.29) is 0 Å². The molecule has 0 atom stereocenters. The van der Waals surface area contributed by atoms with Crippen molar-refractivity contribution in [3.05, 3.63) is 23.9 Å². The minimum absolute atomic E-state index is 0.344. The molecular weight excluding hydrogens is 319 g/mol. The van der Waals surface area contributed by atoms with Gasteiger partial charge in [-0.1, -0.05) is 0 Å². The second-order valence-electron chi connectivity index (χ2n) is 7.53. The molecule has 2 heterocycles. The summed E-state index contributed by atoms with van der Waals surface area (Å²) in [6, 6.07) is 0.888. The highest BCUT2D eigenvalue weighted by molar-refractivity contribution is 5.63. The second kappa shape index (κ2) is 6.71. The lowest BCUT2D eigenvalue weighted by molar-refractivity contribution is -0.425. The molecule has 25 heavy (non-hydrogen) atoms. The van der Waals surface area contributed by atoms with Gasteiger partial charge in [0.25, 0.3) is 0 Å². The van der Waals surface area contributed by atoms with Crippen LogP contribution in [-0.4, -0.2) is 31.8 Å². The molecule has 4 N–H and O–H groups in total. The van der Waals surface area contributed by atoms with Crippen molar-refractivity contribution in [1.82, 2.24) is 19.7 Å². The number of anilines is 1. The lowest BCUT2D eigenvalue weighted by atomic mass is 9.92. The largest absolute Gasteiger partial charge is 0.355 e. The molecule has 2 saturated carbocycles. The highest BCUT2D eigenvalue weighted by atomic mass is 19.1. The Morgan fingerprint density at radius 3 is 2.68 bits per heavy atom. The van der Waals surface area contributed by atoms with Crippen LogP contribution in [0.4, 0.5) is 10.3 Å². The highest BCUT2D eigenvalue weighted by Gasteiger charge is 2.27. The Balaban J connectivity index is 1.57. The van der Waals surface area contributed by atoms with Crippen LogP contribution >= 0.6 is 0 Å². The molecule has 0 aliphatic heterocycles. The molecule has 0 spiro atoms. The summed E-state index contributed by atoms with van der Waals surface area (Å²) in [7, 11) is 1.91. The molecule has 4 rings (SSSR count). The molecule has 2 aliphatic rings. The summed E-state index contributed by atoms with van der Waals surface area (Å²) in [6.07, 6.45) is 10.8. The van der Waals surface area contributed by atoms with Gasteiger partial charge in [0.1, 0.15) is 5.69 Å². The standard InChI is InChI=1S/C18H25FN6/c1-25-16(8-11-2-3-11)14(9-22-25)17-15(19)10-21-18(24-17)23-13-6-4-12(20)5-7-13/h9-13H,2-8,20H2,1H3,(H,21,23,24)/p+1. The monoisotopic (exact) mass is 345 g/mol. The molecule has 0 amide bonds. The third-order valence-electron chi connectivity index (χ3n) is 5.42. The predicted molar refractivity (Wildman–Crippen MR) is 93.2 cm³/mol. The van der Waals surface area contributed by atoms with E-state index in [0.29, 0.717) is 29.6 Å². The molecule has 2 aromatic heterocycles. The minimum Gasteiger partial charge on any atom is -0.355 e. The Morgan fingerprint density at radius 1 is 1.20 bits per heavy atom. The normalized spacial score (nSPS) is 23.6. The maximum Gasteiger partial charge on any atom is 0.223 e. The van der Waals surface area contributed by atoms with Crippen LogP contribution in [0, 0.1) is 11.7 Å². The minimum atomic E-state index is -0.392. The summed E-state index contributed by atoms with van der Waals surface area (Å²) in [5.41, 5.74) is 6.33. The Bertz CT molecular complexity index is 746. The van der Waals surface area contributed by atoms with Gasteiger partial charge in [-0.25, -0.2) is 14.4 Å². The van der Waals surface area contributed by atoms with Crippen LogP contribution in [0.25, 0.3) is 11.3 Å². The topological polar surface area (TPSA) is 83.3 Å². The van der Waals surface area contributed by atoms with Crippen molar-refractivity contribution in [1.29, 1.82) is 0 Å². The van der Waals surface area contributed by atoms with Crippen LogP contribution < -0.4 is 11.1 Å². The molecule has 6 nitrogen and oxygen atoms in total. The first-order chi connectivity index (χ1) is 12.1. The predicted octanol–water partition coefficient (Wildman–Crippen LogP) is 1.93. The molecule has 0 aromatic carbocycles. The van der Waals surface area contributed by atoms with Crippen molar-refractivity contribution >= 4 is 5.95 Å². The zero-order valence-electron chi connectivity index (χ0n) is 14.7. The van der Waals surface area contributed by atoms with Gasteiger partial charge in [-0.05, 0) is 38.0 Å². The van der Waals surface area contributed by atoms with Gasteiger partial charge in [0.15, 0.2) is 5.82 Å². The molecule has 0 saturated heterocycles. The van der Waals surface area contributed by atoms with E-state index in [9.17, 15) is 4.39 Å². The number of halogens is 1. The Hall–Kier alpha value is -2.02. The van der Waals surface area contributed by atoms with Crippen molar-refractivity contribution in [2.75, 3.05) is 5.32 Å². The van der Waals surface area contributed by atoms with E-state index < -0.39 is 5.82 Å². The fourth-order valence-corrected chi connectivity index (χ4v) is 3.61. The fraction of sp³-hybridized carbons (Fsp3) is 0.611. The maximum atomic E-state index is 14.4. The highest BCUT2D eigenvalue weighted by Crippen LogP contribution is 2.35. The molecule has 7 heteroatoms. The van der Waals surface area contributed by atoms with Gasteiger partial charge in [-0.15, -0.1) is 0 Å². The van der Waals surface area contributed by atoms with E-state index in [1.165, 1.54) is 19.0 Å². The average molecular weight is 345 g/mol. The maximum absolute atomic E-state index is 14.4. The van der Waals surface area contributed by atoms with Crippen molar-refractivity contribution in [3.8, 4) is 11.3 Å². The lowest BCUT2D eigenvalue weighted by Crippen LogP contribution is -2.62. The SMILES string of the molecule is Cn1ncc(-c2nc(NC3CCC([NH3+])CC3)ncc2F)c1CC1CC1. The van der Waals surface area contributed by atoms with E-state index >= 15 is 0 Å². The molecule has 2 aromatic rings. The zero-order chi connectivity index (χ0) is 17.4. The first-order valence-electron chi connectivity index (χ1n) is 9.23. The van der Waals surface area contributed by atoms with Crippen LogP contribution in [0.1, 0.15) is 44.2 Å². The number of hydrogen-bond donors (Lipinski definition) is 2. The molecule has 2 aliphatic carbocycles. The van der Waals surface area contributed by atoms with Crippen molar-refractivity contribution in [3.63, 3.8) is 0 Å². The number of aromatic nitrogens is 4. The average Bonchev–Trinajstić information content (AvgIpc) is 3.35. The van der Waals surface area contributed by atoms with Crippen LogP contribution in [0.15, 0.2) is 12.4 Å². The van der Waals surface area contributed by atoms with E-state index in [0.717, 1.165) is 43.4 Å². The molecule has 0 unspecified atom stereocenters. The van der Waals surface area contributed by atoms with Crippen LogP contribution in [0.2, 0.25) is 0 Å². The Morgan fingerprint density at radius 2 is 1.96 bits per heavy atom. The Labute approximate surface area is 147 Å². The smallest absolute Gasteiger partial charge is 0.223 e. The molecule has 2 fully saturated rings. The molecular formula is C18H26FN6+. The van der Waals surface area contributed by atoms with Crippen LogP contribution in [0.5, 0.6) is 0 Å². The number of rotatable bonds is 5. The number of quaternary nitrogens is 1. The third-order valence-corrected chi connectivity index (χ3v) is 5.42. The number of hydrogen-bond acceptors (Lipinski definition) is 4. The summed E-state index contributed by atoms with van der Waals surface area (Å²) < 4.78 is 16.3. The van der Waals surface area contributed by atoms with E-state index in [4.69, 9.17) is 0 Å². The van der Waals surface area contributed by atoms with E-state index in [2.05, 4.69) is 26.1 Å². The second-order valence-corrected chi connectivity index (χ2v) is 7.53. The van der Waals surface area contributed by atoms with Gasteiger partial charge < -0.3 is 11.1 Å². The van der Waals surface area contributed by atoms with Gasteiger partial charge in [-0.2, -0.15) is 5.10 Å². The van der Waals surface area contributed by atoms with Crippen molar-refractivity contribution in [2.24, 2.45) is 13.0 Å². The summed E-state index contributed by atoms with van der Waals surface area (Å²) >= 11 is 0. The zero-order valence-corrected chi connectivity index (χ0v) is 14.7. The summed E-state index contributed by atoms with van der Waals surface area (Å²) in [5, 5.41) is 7.71. The summed E-state index contributed by atoms with van der Waals surface area (Å²) in [5.74, 6) is 0.816. The van der Waals surface area contributed by atoms with Crippen molar-refractivity contribution < 1.29 is 10.1 Å². The van der Waals surface area contributed by atoms with E-state index in [1.54, 1.807) is 6.20 Å². The Kier molecular flexibility index (Phi) is 4.41. The summed E-state index contributed by atoms with van der Waals surface area (Å²) in [4.78, 5) is 8.64. The molecule has 0 radical (unpaired) electrons. The van der Waals surface area contributed by atoms with Crippen LogP contribution in [-0.2, 0) is 13.5 Å². The number of aryl methyl sites for hydroxylation is 1. The van der Waals surface area contributed by atoms with Crippen LogP contribution in [0.3, 0.4) is 0 Å². The first kappa shape index (κ1) is 16.4. The van der Waals surface area contributed by atoms with Gasteiger partial charge in [0.2, 0.25) is 5.95 Å². The van der Waals surface area contributed by atoms with Gasteiger partial charge in [-0.3, -0.25) is 4.68 Å². The van der Waals surface area contributed by atoms with Gasteiger partial charge in [0.05, 0.1) is 18.4 Å². The fourth-order valence-electron chi connectivity index (χ4n) is 3.61. The van der Waals surface area contributed by atoms with Crippen molar-refractivity contribution in [2.45, 2.75) is 57.0 Å². The lowest BCUT2D eigenvalue weighted by Gasteiger charge is -2.25. The van der Waals surface area contributed by atoms with Gasteiger partial charge >= 0.3 is 0 Å². The molecule has 0 bridgehead atoms. The summed E-state index contributed by atoms with van der Waals surface area (Å²) in [6.45, 7) is 0. The molecule has 134 valence electrons. The first-order valence-corrected chi connectivity index (χ1v) is 9.23. The van der Waals surface area contributed by atoms with E-state index in [1.807, 2.05) is 11.7 Å². The number of nitrogens with zero attached hydrogens (tertiary/aromatic N) is 4. The quantitative estimate of drug-likeness (QED) is 0.867. The third kappa shape index (κ3) is 3.66. The van der Waals surface area contributed by atoms with Gasteiger partial charge in [0, 0.05) is 37.2 Å². The number of nitrogens with one attached hydrogen (secondary N) is 1.